The molecule has 1 rings (SSSR count). The highest BCUT2D eigenvalue weighted by Gasteiger charge is 2.18. The molecule has 0 aliphatic heterocycles. The van der Waals surface area contributed by atoms with Gasteiger partial charge in [0, 0.05) is 20.0 Å². The van der Waals surface area contributed by atoms with Crippen LogP contribution in [0.3, 0.4) is 0 Å². The summed E-state index contributed by atoms with van der Waals surface area (Å²) in [7, 11) is 0. The second-order valence-electron chi connectivity index (χ2n) is 4.26. The Kier molecular flexibility index (Phi) is 6.60. The number of benzene rings is 1. The first-order chi connectivity index (χ1) is 9.13. The van der Waals surface area contributed by atoms with Crippen LogP contribution in [-0.2, 0) is 16.1 Å². The highest BCUT2D eigenvalue weighted by molar-refractivity contribution is 5.87. The molecule has 5 heteroatoms. The molecule has 1 atom stereocenters. The summed E-state index contributed by atoms with van der Waals surface area (Å²) >= 11 is 0. The predicted octanol–water partition coefficient (Wildman–Crippen LogP) is 0.417. The Hall–Kier alpha value is -1.88. The molecule has 2 amide bonds. The fourth-order valence-electron chi connectivity index (χ4n) is 1.65. The fourth-order valence-corrected chi connectivity index (χ4v) is 1.65. The minimum atomic E-state index is -0.541. The molecule has 19 heavy (non-hydrogen) atoms. The maximum Gasteiger partial charge on any atom is 0.244 e. The lowest BCUT2D eigenvalue weighted by molar-refractivity contribution is -0.128. The van der Waals surface area contributed by atoms with E-state index in [1.807, 2.05) is 37.3 Å². The van der Waals surface area contributed by atoms with E-state index in [-0.39, 0.29) is 11.8 Å². The molecule has 104 valence electrons. The molecule has 0 saturated heterocycles. The number of nitrogens with one attached hydrogen (secondary N) is 3. The van der Waals surface area contributed by atoms with E-state index in [4.69, 9.17) is 0 Å². The third kappa shape index (κ3) is 6.01. The lowest BCUT2D eigenvalue weighted by Gasteiger charge is -2.17. The molecular weight excluding hydrogens is 242 g/mol. The molecule has 3 N–H and O–H groups in total. The average Bonchev–Trinajstić information content (AvgIpc) is 2.41. The van der Waals surface area contributed by atoms with Crippen molar-refractivity contribution in [2.45, 2.75) is 26.4 Å². The van der Waals surface area contributed by atoms with Crippen molar-refractivity contribution >= 4 is 11.8 Å². The van der Waals surface area contributed by atoms with Gasteiger partial charge in [-0.2, -0.15) is 0 Å². The van der Waals surface area contributed by atoms with E-state index in [2.05, 4.69) is 16.0 Å². The van der Waals surface area contributed by atoms with Crippen molar-refractivity contribution in [2.75, 3.05) is 13.1 Å². The van der Waals surface area contributed by atoms with Crippen molar-refractivity contribution in [1.82, 2.24) is 16.0 Å². The van der Waals surface area contributed by atoms with Gasteiger partial charge in [-0.05, 0) is 12.1 Å². The molecule has 0 heterocycles. The van der Waals surface area contributed by atoms with Crippen LogP contribution in [0, 0.1) is 0 Å². The van der Waals surface area contributed by atoms with Crippen LogP contribution < -0.4 is 16.0 Å². The van der Waals surface area contributed by atoms with Crippen molar-refractivity contribution in [3.8, 4) is 0 Å². The van der Waals surface area contributed by atoms with Gasteiger partial charge < -0.3 is 16.0 Å². The van der Waals surface area contributed by atoms with Crippen molar-refractivity contribution in [3.05, 3.63) is 35.9 Å². The number of hydrogen-bond donors (Lipinski definition) is 3. The van der Waals surface area contributed by atoms with Crippen LogP contribution in [0.5, 0.6) is 0 Å². The molecule has 0 saturated carbocycles. The zero-order valence-corrected chi connectivity index (χ0v) is 11.4. The molecule has 0 aliphatic carbocycles. The van der Waals surface area contributed by atoms with Gasteiger partial charge in [-0.3, -0.25) is 9.59 Å². The van der Waals surface area contributed by atoms with Gasteiger partial charge in [0.15, 0.2) is 0 Å². The number of rotatable bonds is 7. The van der Waals surface area contributed by atoms with E-state index >= 15 is 0 Å². The van der Waals surface area contributed by atoms with Gasteiger partial charge in [-0.1, -0.05) is 37.3 Å². The van der Waals surface area contributed by atoms with Crippen molar-refractivity contribution in [1.29, 1.82) is 0 Å². The van der Waals surface area contributed by atoms with Crippen LogP contribution in [0.4, 0.5) is 0 Å². The Labute approximate surface area is 113 Å². The summed E-state index contributed by atoms with van der Waals surface area (Å²) in [6.45, 7) is 5.00. The van der Waals surface area contributed by atoms with E-state index in [1.165, 1.54) is 6.92 Å². The summed E-state index contributed by atoms with van der Waals surface area (Å²) in [5, 5.41) is 8.51. The van der Waals surface area contributed by atoms with Gasteiger partial charge in [0.05, 0.1) is 0 Å². The normalized spacial score (nSPS) is 11.7. The number of carbonyl (C=O) groups excluding carboxylic acids is 2. The Morgan fingerprint density at radius 2 is 1.89 bits per heavy atom. The van der Waals surface area contributed by atoms with Gasteiger partial charge in [-0.15, -0.1) is 0 Å². The van der Waals surface area contributed by atoms with Crippen LogP contribution in [-0.4, -0.2) is 30.9 Å². The first kappa shape index (κ1) is 15.2. The Balaban J connectivity index is 2.48. The molecule has 0 aromatic heterocycles. The quantitative estimate of drug-likeness (QED) is 0.667. The standard InChI is InChI=1S/C14H21N3O2/c1-3-15-10-13(17-11(2)18)14(19)16-9-12-7-5-4-6-8-12/h4-8,13,15H,3,9-10H2,1-2H3,(H,16,19)(H,17,18). The van der Waals surface area contributed by atoms with Gasteiger partial charge in [0.25, 0.3) is 0 Å². The second kappa shape index (κ2) is 8.26. The highest BCUT2D eigenvalue weighted by Crippen LogP contribution is 1.97. The zero-order valence-electron chi connectivity index (χ0n) is 11.4. The molecule has 0 spiro atoms. The Bertz CT molecular complexity index is 406. The molecule has 0 aliphatic rings. The molecule has 1 aromatic rings. The minimum Gasteiger partial charge on any atom is -0.350 e. The Morgan fingerprint density at radius 1 is 1.21 bits per heavy atom. The molecule has 0 radical (unpaired) electrons. The molecule has 1 aromatic carbocycles. The van der Waals surface area contributed by atoms with Gasteiger partial charge in [-0.25, -0.2) is 0 Å². The van der Waals surface area contributed by atoms with Crippen LogP contribution in [0.15, 0.2) is 30.3 Å². The van der Waals surface area contributed by atoms with E-state index < -0.39 is 6.04 Å². The number of amides is 2. The summed E-state index contributed by atoms with van der Waals surface area (Å²) in [6, 6.07) is 9.12. The third-order valence-electron chi connectivity index (χ3n) is 2.60. The Morgan fingerprint density at radius 3 is 2.47 bits per heavy atom. The molecular formula is C14H21N3O2. The first-order valence-electron chi connectivity index (χ1n) is 6.43. The monoisotopic (exact) mass is 263 g/mol. The SMILES string of the molecule is CCNCC(NC(C)=O)C(=O)NCc1ccccc1. The highest BCUT2D eigenvalue weighted by atomic mass is 16.2. The largest absolute Gasteiger partial charge is 0.350 e. The second-order valence-corrected chi connectivity index (χ2v) is 4.26. The summed E-state index contributed by atoms with van der Waals surface area (Å²) in [4.78, 5) is 23.1. The number of carbonyl (C=O) groups is 2. The average molecular weight is 263 g/mol. The summed E-state index contributed by atoms with van der Waals surface area (Å²) in [6.07, 6.45) is 0. The van der Waals surface area contributed by atoms with Gasteiger partial charge >= 0.3 is 0 Å². The van der Waals surface area contributed by atoms with Crippen LogP contribution >= 0.6 is 0 Å². The van der Waals surface area contributed by atoms with E-state index in [1.54, 1.807) is 0 Å². The molecule has 0 bridgehead atoms. The zero-order chi connectivity index (χ0) is 14.1. The molecule has 0 fully saturated rings. The lowest BCUT2D eigenvalue weighted by Crippen LogP contribution is -2.51. The van der Waals surface area contributed by atoms with Gasteiger partial charge in [0.2, 0.25) is 11.8 Å². The van der Waals surface area contributed by atoms with Crippen LogP contribution in [0.2, 0.25) is 0 Å². The minimum absolute atomic E-state index is 0.181. The van der Waals surface area contributed by atoms with E-state index in [0.717, 1.165) is 12.1 Å². The lowest BCUT2D eigenvalue weighted by atomic mass is 10.2. The first-order valence-corrected chi connectivity index (χ1v) is 6.43. The van der Waals surface area contributed by atoms with Crippen molar-refractivity contribution in [2.24, 2.45) is 0 Å². The summed E-state index contributed by atoms with van der Waals surface area (Å²) < 4.78 is 0. The topological polar surface area (TPSA) is 70.2 Å². The van der Waals surface area contributed by atoms with Crippen molar-refractivity contribution < 1.29 is 9.59 Å². The maximum absolute atomic E-state index is 12.0. The molecule has 1 unspecified atom stereocenters. The maximum atomic E-state index is 12.0. The molecule has 5 nitrogen and oxygen atoms in total. The van der Waals surface area contributed by atoms with Gasteiger partial charge in [0.1, 0.15) is 6.04 Å². The fraction of sp³-hybridized carbons (Fsp3) is 0.429. The van der Waals surface area contributed by atoms with Crippen LogP contribution in [0.1, 0.15) is 19.4 Å². The summed E-state index contributed by atoms with van der Waals surface area (Å²) in [5.74, 6) is -0.391. The van der Waals surface area contributed by atoms with E-state index in [9.17, 15) is 9.59 Å². The third-order valence-corrected chi connectivity index (χ3v) is 2.60. The predicted molar refractivity (Wildman–Crippen MR) is 74.4 cm³/mol. The van der Waals surface area contributed by atoms with E-state index in [0.29, 0.717) is 13.1 Å². The van der Waals surface area contributed by atoms with Crippen LogP contribution in [0.25, 0.3) is 0 Å². The number of hydrogen-bond acceptors (Lipinski definition) is 3. The number of likely N-dealkylation sites (N-methyl/N-ethyl adjacent to an activating group) is 1. The summed E-state index contributed by atoms with van der Waals surface area (Å²) in [5.41, 5.74) is 1.03. The smallest absolute Gasteiger partial charge is 0.244 e. The van der Waals surface area contributed by atoms with Crippen molar-refractivity contribution in [3.63, 3.8) is 0 Å².